The molecule has 194 valence electrons. The summed E-state index contributed by atoms with van der Waals surface area (Å²) in [7, 11) is -5.93. The molecule has 0 spiro atoms. The van der Waals surface area contributed by atoms with Gasteiger partial charge in [0.2, 0.25) is 11.8 Å². The van der Waals surface area contributed by atoms with Crippen molar-refractivity contribution in [2.24, 2.45) is 0 Å². The largest absolute Gasteiger partial charge is 0.480 e. The SMILES string of the molecule is COc1ccc(NS(=O)(=O)c2ccc(N)cc2)nn1.Cc1cnc(NS(=O)(=O)c2ccc(N)cc2)nc1. The minimum atomic E-state index is -3.70. The fourth-order valence-corrected chi connectivity index (χ4v) is 4.55. The van der Waals surface area contributed by atoms with Crippen LogP contribution >= 0.6 is 0 Å². The molecule has 0 bridgehead atoms. The molecule has 4 aromatic rings. The van der Waals surface area contributed by atoms with E-state index >= 15 is 0 Å². The Hall–Kier alpha value is -4.50. The predicted octanol–water partition coefficient (Wildman–Crippen LogP) is 2.04. The maximum atomic E-state index is 12.0. The van der Waals surface area contributed by atoms with Gasteiger partial charge in [0, 0.05) is 29.8 Å². The van der Waals surface area contributed by atoms with E-state index in [0.29, 0.717) is 17.3 Å². The Bertz CT molecular complexity index is 1530. The van der Waals surface area contributed by atoms with Crippen LogP contribution in [0.5, 0.6) is 5.88 Å². The highest BCUT2D eigenvalue weighted by Crippen LogP contribution is 2.17. The fourth-order valence-electron chi connectivity index (χ4n) is 2.60. The Kier molecular flexibility index (Phi) is 8.41. The number of nitrogen functional groups attached to an aromatic ring is 2. The molecule has 0 aliphatic carbocycles. The van der Waals surface area contributed by atoms with E-state index in [1.807, 2.05) is 6.92 Å². The van der Waals surface area contributed by atoms with Crippen molar-refractivity contribution in [2.75, 3.05) is 28.0 Å². The Morgan fingerprint density at radius 1 is 0.703 bits per heavy atom. The first kappa shape index (κ1) is 27.1. The summed E-state index contributed by atoms with van der Waals surface area (Å²) in [6, 6.07) is 14.7. The van der Waals surface area contributed by atoms with Crippen LogP contribution in [0.15, 0.2) is 82.8 Å². The number of methoxy groups -OCH3 is 1. The van der Waals surface area contributed by atoms with Gasteiger partial charge >= 0.3 is 0 Å². The van der Waals surface area contributed by atoms with Gasteiger partial charge in [-0.3, -0.25) is 4.72 Å². The number of anilines is 4. The van der Waals surface area contributed by atoms with Crippen LogP contribution in [-0.2, 0) is 20.0 Å². The average molecular weight is 545 g/mol. The van der Waals surface area contributed by atoms with Gasteiger partial charge in [-0.05, 0) is 67.1 Å². The lowest BCUT2D eigenvalue weighted by atomic mass is 10.3. The van der Waals surface area contributed by atoms with Gasteiger partial charge in [0.1, 0.15) is 0 Å². The third-order valence-corrected chi connectivity index (χ3v) is 7.19. The van der Waals surface area contributed by atoms with Crippen molar-refractivity contribution in [1.82, 2.24) is 20.2 Å². The van der Waals surface area contributed by atoms with Crippen LogP contribution in [0.3, 0.4) is 0 Å². The number of nitrogens with zero attached hydrogens (tertiary/aromatic N) is 4. The summed E-state index contributed by atoms with van der Waals surface area (Å²) in [6.45, 7) is 1.82. The molecule has 0 amide bonds. The summed E-state index contributed by atoms with van der Waals surface area (Å²) >= 11 is 0. The molecule has 13 nitrogen and oxygen atoms in total. The van der Waals surface area contributed by atoms with E-state index in [1.165, 1.54) is 80.2 Å². The van der Waals surface area contributed by atoms with Crippen molar-refractivity contribution in [1.29, 1.82) is 0 Å². The predicted molar refractivity (Wildman–Crippen MR) is 139 cm³/mol. The van der Waals surface area contributed by atoms with Crippen LogP contribution in [0, 0.1) is 6.92 Å². The second-order valence-electron chi connectivity index (χ2n) is 7.39. The van der Waals surface area contributed by atoms with E-state index < -0.39 is 20.0 Å². The Morgan fingerprint density at radius 2 is 1.19 bits per heavy atom. The van der Waals surface area contributed by atoms with Crippen molar-refractivity contribution >= 4 is 43.2 Å². The highest BCUT2D eigenvalue weighted by molar-refractivity contribution is 7.93. The van der Waals surface area contributed by atoms with Crippen molar-refractivity contribution < 1.29 is 21.6 Å². The average Bonchev–Trinajstić information content (AvgIpc) is 2.86. The van der Waals surface area contributed by atoms with Crippen LogP contribution in [-0.4, -0.2) is 44.1 Å². The number of hydrogen-bond donors (Lipinski definition) is 4. The number of ether oxygens (including phenoxy) is 1. The minimum Gasteiger partial charge on any atom is -0.480 e. The van der Waals surface area contributed by atoms with Crippen LogP contribution in [0.4, 0.5) is 23.1 Å². The molecule has 0 fully saturated rings. The van der Waals surface area contributed by atoms with Crippen molar-refractivity contribution in [3.05, 3.63) is 78.6 Å². The number of nitrogens with two attached hydrogens (primary N) is 2. The molecule has 0 radical (unpaired) electrons. The third-order valence-electron chi connectivity index (χ3n) is 4.48. The molecule has 2 aromatic heterocycles. The van der Waals surface area contributed by atoms with Crippen molar-refractivity contribution in [2.45, 2.75) is 16.7 Å². The first-order chi connectivity index (χ1) is 17.5. The molecule has 0 saturated heterocycles. The lowest BCUT2D eigenvalue weighted by Crippen LogP contribution is -2.15. The molecule has 0 aliphatic rings. The molecule has 4 rings (SSSR count). The van der Waals surface area contributed by atoms with E-state index in [2.05, 4.69) is 29.6 Å². The monoisotopic (exact) mass is 544 g/mol. The molecule has 15 heteroatoms. The second kappa shape index (κ2) is 11.5. The first-order valence-corrected chi connectivity index (χ1v) is 13.4. The van der Waals surface area contributed by atoms with Gasteiger partial charge in [-0.1, -0.05) is 0 Å². The molecule has 2 aromatic carbocycles. The summed E-state index contributed by atoms with van der Waals surface area (Å²) in [4.78, 5) is 7.97. The van der Waals surface area contributed by atoms with Gasteiger partial charge in [0.15, 0.2) is 5.82 Å². The standard InChI is InChI=1S/C11H12N4O3S.C11H12N4O2S/c1-18-11-7-6-10(13-14-11)15-19(16,17)9-4-2-8(12)3-5-9;1-8-6-13-11(14-7-8)15-18(16,17)10-4-2-9(12)3-5-10/h2-7H,12H2,1H3,(H,13,15);2-7H,12H2,1H3,(H,13,14,15). The number of rotatable bonds is 7. The Balaban J connectivity index is 0.000000206. The highest BCUT2D eigenvalue weighted by Gasteiger charge is 2.16. The molecular weight excluding hydrogens is 520 g/mol. The number of aromatic nitrogens is 4. The summed E-state index contributed by atoms with van der Waals surface area (Å²) in [5, 5.41) is 7.36. The number of hydrogen-bond acceptors (Lipinski definition) is 11. The van der Waals surface area contributed by atoms with Crippen LogP contribution < -0.4 is 25.6 Å². The fraction of sp³-hybridized carbons (Fsp3) is 0.0909. The van der Waals surface area contributed by atoms with Gasteiger partial charge in [-0.2, -0.15) is 0 Å². The molecule has 0 aliphatic heterocycles. The number of benzene rings is 2. The first-order valence-electron chi connectivity index (χ1n) is 10.4. The zero-order chi connectivity index (χ0) is 27.1. The smallest absolute Gasteiger partial charge is 0.264 e. The van der Waals surface area contributed by atoms with E-state index in [4.69, 9.17) is 16.2 Å². The van der Waals surface area contributed by atoms with Crippen molar-refractivity contribution in [3.8, 4) is 5.88 Å². The topological polar surface area (TPSA) is 205 Å². The van der Waals surface area contributed by atoms with Gasteiger partial charge in [-0.15, -0.1) is 10.2 Å². The molecule has 37 heavy (non-hydrogen) atoms. The van der Waals surface area contributed by atoms with E-state index in [0.717, 1.165) is 5.56 Å². The molecule has 0 atom stereocenters. The molecular formula is C22H24N8O5S2. The van der Waals surface area contributed by atoms with Crippen LogP contribution in [0.25, 0.3) is 0 Å². The second-order valence-corrected chi connectivity index (χ2v) is 10.8. The Labute approximate surface area is 214 Å². The van der Waals surface area contributed by atoms with Gasteiger partial charge in [-0.25, -0.2) is 31.5 Å². The lowest BCUT2D eigenvalue weighted by molar-refractivity contribution is 0.392. The summed E-state index contributed by atoms with van der Waals surface area (Å²) in [5.74, 6) is 0.450. The van der Waals surface area contributed by atoms with Crippen LogP contribution in [0.2, 0.25) is 0 Å². The van der Waals surface area contributed by atoms with Gasteiger partial charge in [0.05, 0.1) is 16.9 Å². The van der Waals surface area contributed by atoms with E-state index in [9.17, 15) is 16.8 Å². The number of sulfonamides is 2. The Morgan fingerprint density at radius 3 is 1.62 bits per heavy atom. The maximum Gasteiger partial charge on any atom is 0.264 e. The lowest BCUT2D eigenvalue weighted by Gasteiger charge is -2.07. The van der Waals surface area contributed by atoms with E-state index in [-0.39, 0.29) is 21.6 Å². The molecule has 0 saturated carbocycles. The zero-order valence-electron chi connectivity index (χ0n) is 19.7. The van der Waals surface area contributed by atoms with Crippen molar-refractivity contribution in [3.63, 3.8) is 0 Å². The highest BCUT2D eigenvalue weighted by atomic mass is 32.2. The molecule has 6 N–H and O–H groups in total. The summed E-state index contributed by atoms with van der Waals surface area (Å²) < 4.78 is 57.4. The van der Waals surface area contributed by atoms with Gasteiger partial charge in [0.25, 0.3) is 20.0 Å². The number of nitrogens with one attached hydrogen (secondary N) is 2. The zero-order valence-corrected chi connectivity index (χ0v) is 21.4. The summed E-state index contributed by atoms with van der Waals surface area (Å²) in [6.07, 6.45) is 3.07. The maximum absolute atomic E-state index is 12.0. The summed E-state index contributed by atoms with van der Waals surface area (Å²) in [5.41, 5.74) is 12.8. The third kappa shape index (κ3) is 7.74. The molecule has 0 unspecified atom stereocenters. The van der Waals surface area contributed by atoms with E-state index in [1.54, 1.807) is 0 Å². The quantitative estimate of drug-likeness (QED) is 0.248. The molecule has 2 heterocycles. The van der Waals surface area contributed by atoms with Gasteiger partial charge < -0.3 is 16.2 Å². The number of aryl methyl sites for hydroxylation is 1. The minimum absolute atomic E-state index is 0.0393. The normalized spacial score (nSPS) is 11.1. The van der Waals surface area contributed by atoms with Crippen LogP contribution in [0.1, 0.15) is 5.56 Å².